The Morgan fingerprint density at radius 3 is 3.00 bits per heavy atom. The Bertz CT molecular complexity index is 650. The molecule has 6 nitrogen and oxygen atoms in total. The summed E-state index contributed by atoms with van der Waals surface area (Å²) in [6.07, 6.45) is 4.81. The largest absolute Gasteiger partial charge is 0.371 e. The summed E-state index contributed by atoms with van der Waals surface area (Å²) in [7, 11) is 0. The Kier molecular flexibility index (Phi) is 3.97. The van der Waals surface area contributed by atoms with Gasteiger partial charge in [0.1, 0.15) is 0 Å². The number of thiophene rings is 1. The molecule has 0 spiro atoms. The monoisotopic (exact) mass is 330 g/mol. The van der Waals surface area contributed by atoms with Gasteiger partial charge in [0.25, 0.3) is 5.91 Å². The van der Waals surface area contributed by atoms with Gasteiger partial charge in [-0.15, -0.1) is 0 Å². The maximum absolute atomic E-state index is 12.0. The van der Waals surface area contributed by atoms with E-state index >= 15 is 0 Å². The first-order valence-corrected chi connectivity index (χ1v) is 8.71. The molecular weight excluding hydrogens is 312 g/mol. The lowest BCUT2D eigenvalue weighted by atomic mass is 10.0. The van der Waals surface area contributed by atoms with Crippen molar-refractivity contribution in [2.75, 3.05) is 24.5 Å². The number of ether oxygens (including phenoxy) is 1. The summed E-state index contributed by atoms with van der Waals surface area (Å²) in [5, 5.41) is 6.73. The SMILES string of the molecule is O=C(NC[C@@H]1C[C@H]2CN(c3ncccn3)C[C@H]2O1)c1ccsc1. The molecule has 0 radical (unpaired) electrons. The Balaban J connectivity index is 1.28. The van der Waals surface area contributed by atoms with E-state index in [0.717, 1.165) is 31.0 Å². The summed E-state index contributed by atoms with van der Waals surface area (Å²) in [6, 6.07) is 3.66. The predicted octanol–water partition coefficient (Wildman–Crippen LogP) is 1.56. The number of carbonyl (C=O) groups excluding carboxylic acids is 1. The van der Waals surface area contributed by atoms with E-state index < -0.39 is 0 Å². The Morgan fingerprint density at radius 2 is 2.26 bits per heavy atom. The van der Waals surface area contributed by atoms with E-state index in [-0.39, 0.29) is 18.1 Å². The van der Waals surface area contributed by atoms with Crippen molar-refractivity contribution in [1.82, 2.24) is 15.3 Å². The molecule has 4 heterocycles. The van der Waals surface area contributed by atoms with Crippen molar-refractivity contribution in [2.45, 2.75) is 18.6 Å². The molecule has 2 aromatic heterocycles. The van der Waals surface area contributed by atoms with Crippen LogP contribution in [-0.4, -0.2) is 47.7 Å². The Hall–Kier alpha value is -1.99. The molecule has 120 valence electrons. The highest BCUT2D eigenvalue weighted by atomic mass is 32.1. The van der Waals surface area contributed by atoms with Crippen LogP contribution in [0.25, 0.3) is 0 Å². The van der Waals surface area contributed by atoms with E-state index in [2.05, 4.69) is 20.2 Å². The van der Waals surface area contributed by atoms with Crippen LogP contribution in [0.3, 0.4) is 0 Å². The van der Waals surface area contributed by atoms with Crippen molar-refractivity contribution in [3.8, 4) is 0 Å². The van der Waals surface area contributed by atoms with Crippen LogP contribution in [0.4, 0.5) is 5.95 Å². The van der Waals surface area contributed by atoms with Gasteiger partial charge in [-0.05, 0) is 23.9 Å². The van der Waals surface area contributed by atoms with Gasteiger partial charge in [0.15, 0.2) is 0 Å². The van der Waals surface area contributed by atoms with Crippen LogP contribution >= 0.6 is 11.3 Å². The topological polar surface area (TPSA) is 67.4 Å². The van der Waals surface area contributed by atoms with E-state index in [1.165, 1.54) is 11.3 Å². The van der Waals surface area contributed by atoms with E-state index in [4.69, 9.17) is 4.74 Å². The number of hydrogen-bond acceptors (Lipinski definition) is 6. The first-order chi connectivity index (χ1) is 11.3. The fourth-order valence-electron chi connectivity index (χ4n) is 3.31. The molecule has 2 aromatic rings. The number of aromatic nitrogens is 2. The zero-order valence-electron chi connectivity index (χ0n) is 12.6. The van der Waals surface area contributed by atoms with E-state index in [1.54, 1.807) is 12.4 Å². The van der Waals surface area contributed by atoms with Gasteiger partial charge in [-0.3, -0.25) is 4.79 Å². The number of amides is 1. The minimum Gasteiger partial charge on any atom is -0.371 e. The summed E-state index contributed by atoms with van der Waals surface area (Å²) in [5.74, 6) is 1.24. The minimum atomic E-state index is -0.0220. The number of rotatable bonds is 4. The molecule has 7 heteroatoms. The quantitative estimate of drug-likeness (QED) is 0.921. The lowest BCUT2D eigenvalue weighted by molar-refractivity contribution is 0.0479. The fourth-order valence-corrected chi connectivity index (χ4v) is 3.95. The maximum atomic E-state index is 12.0. The van der Waals surface area contributed by atoms with Gasteiger partial charge in [-0.2, -0.15) is 11.3 Å². The second-order valence-corrected chi connectivity index (χ2v) is 6.75. The summed E-state index contributed by atoms with van der Waals surface area (Å²) < 4.78 is 6.10. The van der Waals surface area contributed by atoms with Gasteiger partial charge in [0.2, 0.25) is 5.95 Å². The molecule has 0 saturated carbocycles. The molecule has 0 bridgehead atoms. The van der Waals surface area contributed by atoms with Crippen LogP contribution in [0.15, 0.2) is 35.3 Å². The highest BCUT2D eigenvalue weighted by Crippen LogP contribution is 2.33. The number of anilines is 1. The minimum absolute atomic E-state index is 0.0220. The molecule has 2 aliphatic heterocycles. The maximum Gasteiger partial charge on any atom is 0.252 e. The van der Waals surface area contributed by atoms with Crippen molar-refractivity contribution in [1.29, 1.82) is 0 Å². The number of nitrogens with one attached hydrogen (secondary N) is 1. The third-order valence-electron chi connectivity index (χ3n) is 4.42. The van der Waals surface area contributed by atoms with Crippen LogP contribution in [-0.2, 0) is 4.74 Å². The van der Waals surface area contributed by atoms with Crippen LogP contribution in [0.2, 0.25) is 0 Å². The van der Waals surface area contributed by atoms with E-state index in [0.29, 0.717) is 12.5 Å². The van der Waals surface area contributed by atoms with Gasteiger partial charge in [0, 0.05) is 48.9 Å². The highest BCUT2D eigenvalue weighted by Gasteiger charge is 2.42. The zero-order valence-corrected chi connectivity index (χ0v) is 13.4. The molecule has 2 aliphatic rings. The molecule has 0 aliphatic carbocycles. The van der Waals surface area contributed by atoms with Crippen molar-refractivity contribution < 1.29 is 9.53 Å². The third kappa shape index (κ3) is 3.07. The summed E-state index contributed by atoms with van der Waals surface area (Å²) in [6.45, 7) is 2.32. The number of fused-ring (bicyclic) bond motifs is 1. The van der Waals surface area contributed by atoms with Gasteiger partial charge in [-0.1, -0.05) is 0 Å². The van der Waals surface area contributed by atoms with Crippen LogP contribution in [0.1, 0.15) is 16.8 Å². The first kappa shape index (κ1) is 14.6. The second-order valence-electron chi connectivity index (χ2n) is 5.97. The van der Waals surface area contributed by atoms with E-state index in [9.17, 15) is 4.79 Å². The summed E-state index contributed by atoms with van der Waals surface area (Å²) >= 11 is 1.53. The molecule has 2 saturated heterocycles. The molecule has 1 amide bonds. The highest BCUT2D eigenvalue weighted by molar-refractivity contribution is 7.08. The molecule has 0 aromatic carbocycles. The lowest BCUT2D eigenvalue weighted by Crippen LogP contribution is -2.34. The van der Waals surface area contributed by atoms with Crippen molar-refractivity contribution in [3.05, 3.63) is 40.8 Å². The molecule has 4 rings (SSSR count). The van der Waals surface area contributed by atoms with Crippen molar-refractivity contribution in [2.24, 2.45) is 5.92 Å². The summed E-state index contributed by atoms with van der Waals surface area (Å²) in [5.41, 5.74) is 0.723. The predicted molar refractivity (Wildman–Crippen MR) is 87.7 cm³/mol. The van der Waals surface area contributed by atoms with Crippen LogP contribution in [0.5, 0.6) is 0 Å². The average Bonchev–Trinajstić information content (AvgIpc) is 3.29. The van der Waals surface area contributed by atoms with Gasteiger partial charge in [-0.25, -0.2) is 9.97 Å². The van der Waals surface area contributed by atoms with Crippen LogP contribution in [0, 0.1) is 5.92 Å². The fraction of sp³-hybridized carbons (Fsp3) is 0.438. The molecule has 0 unspecified atom stereocenters. The molecule has 23 heavy (non-hydrogen) atoms. The van der Waals surface area contributed by atoms with Crippen molar-refractivity contribution >= 4 is 23.2 Å². The van der Waals surface area contributed by atoms with Crippen LogP contribution < -0.4 is 10.2 Å². The first-order valence-electron chi connectivity index (χ1n) is 7.77. The van der Waals surface area contributed by atoms with Gasteiger partial charge < -0.3 is 15.0 Å². The molecular formula is C16H18N4O2S. The Morgan fingerprint density at radius 1 is 1.39 bits per heavy atom. The zero-order chi connectivity index (χ0) is 15.6. The van der Waals surface area contributed by atoms with Crippen molar-refractivity contribution in [3.63, 3.8) is 0 Å². The standard InChI is InChI=1S/C16H18N4O2S/c21-15(11-2-5-23-10-11)19-7-13-6-12-8-20(9-14(12)22-13)16-17-3-1-4-18-16/h1-5,10,12-14H,6-9H2,(H,19,21)/t12-,13-,14+/m0/s1. The third-order valence-corrected chi connectivity index (χ3v) is 5.11. The average molecular weight is 330 g/mol. The van der Waals surface area contributed by atoms with Gasteiger partial charge >= 0.3 is 0 Å². The molecule has 3 atom stereocenters. The molecule has 1 N–H and O–H groups in total. The smallest absolute Gasteiger partial charge is 0.252 e. The number of hydrogen-bond donors (Lipinski definition) is 1. The van der Waals surface area contributed by atoms with Gasteiger partial charge in [0.05, 0.1) is 12.2 Å². The Labute approximate surface area is 138 Å². The van der Waals surface area contributed by atoms with E-state index in [1.807, 2.05) is 22.9 Å². The normalized spacial score (nSPS) is 26.3. The summed E-state index contributed by atoms with van der Waals surface area (Å²) in [4.78, 5) is 22.7. The molecule has 2 fully saturated rings. The second kappa shape index (κ2) is 6.25. The number of carbonyl (C=O) groups is 1. The lowest BCUT2D eigenvalue weighted by Gasteiger charge is -2.19. The number of nitrogens with zero attached hydrogens (tertiary/aromatic N) is 3.